The Morgan fingerprint density at radius 2 is 1.84 bits per heavy atom. The van der Waals surface area contributed by atoms with Crippen molar-refractivity contribution in [2.24, 2.45) is 13.0 Å². The summed E-state index contributed by atoms with van der Waals surface area (Å²) in [6.45, 7) is 0. The standard InChI is InChI=1S/C24H26ClFN6O4S/c1-32-12-21(28-14-32)17-10-19(22(26)20(25)11-17)24(34)30-31-37(35,36)13-15-2-4-18(5-3-15)29-23(33)16-6-8-27-9-7-16/h6-12,14-15,18,31H,2-5,13H2,1H3,(H,29,33)(H,30,34). The van der Waals surface area contributed by atoms with E-state index in [1.54, 1.807) is 48.7 Å². The second kappa shape index (κ2) is 11.4. The van der Waals surface area contributed by atoms with Crippen LogP contribution in [0.1, 0.15) is 46.4 Å². The molecule has 4 rings (SSSR count). The van der Waals surface area contributed by atoms with E-state index in [-0.39, 0.29) is 28.6 Å². The van der Waals surface area contributed by atoms with Crippen molar-refractivity contribution in [3.63, 3.8) is 0 Å². The zero-order valence-corrected chi connectivity index (χ0v) is 21.5. The molecule has 2 heterocycles. The average Bonchev–Trinajstić information content (AvgIpc) is 3.32. The van der Waals surface area contributed by atoms with Gasteiger partial charge in [0.25, 0.3) is 11.8 Å². The number of amides is 2. The smallest absolute Gasteiger partial charge is 0.269 e. The first-order valence-corrected chi connectivity index (χ1v) is 13.6. The number of sulfonamides is 1. The Kier molecular flexibility index (Phi) is 8.20. The summed E-state index contributed by atoms with van der Waals surface area (Å²) in [5.41, 5.74) is 3.06. The minimum Gasteiger partial charge on any atom is -0.349 e. The van der Waals surface area contributed by atoms with Gasteiger partial charge in [0.1, 0.15) is 0 Å². The molecular weight excluding hydrogens is 523 g/mol. The SMILES string of the molecule is Cn1cnc(-c2cc(Cl)c(F)c(C(=O)NNS(=O)(=O)CC3CCC(NC(=O)c4ccncc4)CC3)c2)c1. The molecule has 1 aliphatic carbocycles. The van der Waals surface area contributed by atoms with Crippen molar-refractivity contribution in [2.45, 2.75) is 31.7 Å². The number of hydrazine groups is 1. The van der Waals surface area contributed by atoms with E-state index in [1.807, 2.05) is 4.83 Å². The van der Waals surface area contributed by atoms with Crippen molar-refractivity contribution in [1.82, 2.24) is 30.1 Å². The summed E-state index contributed by atoms with van der Waals surface area (Å²) < 4.78 is 41.4. The maximum absolute atomic E-state index is 14.6. The van der Waals surface area contributed by atoms with Crippen LogP contribution in [0.5, 0.6) is 0 Å². The molecule has 0 aliphatic heterocycles. The predicted molar refractivity (Wildman–Crippen MR) is 135 cm³/mol. The Hall–Kier alpha value is -3.35. The molecule has 0 bridgehead atoms. The van der Waals surface area contributed by atoms with Gasteiger partial charge in [0.05, 0.1) is 28.4 Å². The first kappa shape index (κ1) is 26.7. The lowest BCUT2D eigenvalue weighted by molar-refractivity contribution is 0.0921. The highest BCUT2D eigenvalue weighted by molar-refractivity contribution is 7.89. The van der Waals surface area contributed by atoms with Crippen LogP contribution in [0.2, 0.25) is 5.02 Å². The molecule has 3 N–H and O–H groups in total. The fourth-order valence-corrected chi connectivity index (χ4v) is 5.76. The summed E-state index contributed by atoms with van der Waals surface area (Å²) in [4.78, 5) is 35.0. The minimum absolute atomic E-state index is 0.0496. The number of aromatic nitrogens is 3. The zero-order valence-electron chi connectivity index (χ0n) is 19.9. The predicted octanol–water partition coefficient (Wildman–Crippen LogP) is 2.83. The number of pyridine rings is 1. The van der Waals surface area contributed by atoms with E-state index in [2.05, 4.69) is 20.7 Å². The quantitative estimate of drug-likeness (QED) is 0.370. The molecular formula is C24H26ClFN6O4S. The molecule has 0 unspecified atom stereocenters. The number of carbonyl (C=O) groups excluding carboxylic acids is 2. The molecule has 196 valence electrons. The first-order chi connectivity index (χ1) is 17.6. The number of carbonyl (C=O) groups is 2. The van der Waals surface area contributed by atoms with Crippen LogP contribution < -0.4 is 15.6 Å². The van der Waals surface area contributed by atoms with Gasteiger partial charge in [0, 0.05) is 42.8 Å². The molecule has 2 aromatic heterocycles. The molecule has 1 fully saturated rings. The fourth-order valence-electron chi connectivity index (χ4n) is 4.25. The molecule has 0 atom stereocenters. The Labute approximate surface area is 218 Å². The first-order valence-electron chi connectivity index (χ1n) is 11.6. The van der Waals surface area contributed by atoms with Gasteiger partial charge in [-0.1, -0.05) is 11.6 Å². The number of aryl methyl sites for hydroxylation is 1. The highest BCUT2D eigenvalue weighted by Crippen LogP contribution is 2.28. The van der Waals surface area contributed by atoms with Crippen molar-refractivity contribution in [1.29, 1.82) is 0 Å². The molecule has 0 radical (unpaired) electrons. The third-order valence-corrected chi connectivity index (χ3v) is 7.77. The van der Waals surface area contributed by atoms with E-state index >= 15 is 0 Å². The topological polar surface area (TPSA) is 135 Å². The van der Waals surface area contributed by atoms with E-state index in [0.717, 1.165) is 0 Å². The van der Waals surface area contributed by atoms with E-state index in [4.69, 9.17) is 11.6 Å². The van der Waals surface area contributed by atoms with Gasteiger partial charge in [-0.15, -0.1) is 4.83 Å². The lowest BCUT2D eigenvalue weighted by Crippen LogP contribution is -2.45. The third kappa shape index (κ3) is 6.90. The van der Waals surface area contributed by atoms with Crippen molar-refractivity contribution in [3.05, 3.63) is 71.2 Å². The van der Waals surface area contributed by atoms with E-state index in [9.17, 15) is 22.4 Å². The number of halogens is 2. The van der Waals surface area contributed by atoms with Crippen LogP contribution in [0, 0.1) is 11.7 Å². The number of nitrogens with one attached hydrogen (secondary N) is 3. The lowest BCUT2D eigenvalue weighted by Gasteiger charge is -2.29. The average molecular weight is 549 g/mol. The van der Waals surface area contributed by atoms with Gasteiger partial charge in [-0.05, 0) is 55.9 Å². The Bertz CT molecular complexity index is 1390. The fraction of sp³-hybridized carbons (Fsp3) is 0.333. The maximum atomic E-state index is 14.6. The number of imidazole rings is 1. The summed E-state index contributed by atoms with van der Waals surface area (Å²) >= 11 is 5.96. The van der Waals surface area contributed by atoms with Gasteiger partial charge in [-0.3, -0.25) is 20.0 Å². The number of benzene rings is 1. The molecule has 37 heavy (non-hydrogen) atoms. The van der Waals surface area contributed by atoms with Crippen LogP contribution in [-0.2, 0) is 17.1 Å². The van der Waals surface area contributed by atoms with Crippen LogP contribution in [-0.4, -0.2) is 46.6 Å². The van der Waals surface area contributed by atoms with Crippen LogP contribution in [0.4, 0.5) is 4.39 Å². The molecule has 0 saturated heterocycles. The molecule has 1 aliphatic rings. The normalized spacial score (nSPS) is 17.8. The van der Waals surface area contributed by atoms with Gasteiger partial charge in [-0.2, -0.15) is 0 Å². The summed E-state index contributed by atoms with van der Waals surface area (Å²) in [7, 11) is -2.14. The summed E-state index contributed by atoms with van der Waals surface area (Å²) in [5.74, 6) is -2.51. The van der Waals surface area contributed by atoms with E-state index in [0.29, 0.717) is 42.5 Å². The van der Waals surface area contributed by atoms with E-state index in [1.165, 1.54) is 12.1 Å². The molecule has 13 heteroatoms. The second-order valence-corrected chi connectivity index (χ2v) is 11.2. The number of hydrogen-bond acceptors (Lipinski definition) is 6. The number of rotatable bonds is 8. The van der Waals surface area contributed by atoms with Gasteiger partial charge >= 0.3 is 0 Å². The highest BCUT2D eigenvalue weighted by atomic mass is 35.5. The lowest BCUT2D eigenvalue weighted by atomic mass is 9.87. The Morgan fingerprint density at radius 1 is 1.14 bits per heavy atom. The van der Waals surface area contributed by atoms with Crippen molar-refractivity contribution < 1.29 is 22.4 Å². The highest BCUT2D eigenvalue weighted by Gasteiger charge is 2.27. The summed E-state index contributed by atoms with van der Waals surface area (Å²) in [6.07, 6.45) is 8.75. The van der Waals surface area contributed by atoms with Crippen LogP contribution >= 0.6 is 11.6 Å². The Morgan fingerprint density at radius 3 is 2.49 bits per heavy atom. The second-order valence-electron chi connectivity index (χ2n) is 9.01. The largest absolute Gasteiger partial charge is 0.349 e. The zero-order chi connectivity index (χ0) is 26.6. The molecule has 0 spiro atoms. The van der Waals surface area contributed by atoms with Crippen LogP contribution in [0.3, 0.4) is 0 Å². The number of nitrogens with zero attached hydrogens (tertiary/aromatic N) is 3. The van der Waals surface area contributed by atoms with E-state index < -0.39 is 27.3 Å². The van der Waals surface area contributed by atoms with Gasteiger partial charge in [-0.25, -0.2) is 17.8 Å². The molecule has 3 aromatic rings. The van der Waals surface area contributed by atoms with Crippen molar-refractivity contribution >= 4 is 33.4 Å². The molecule has 2 amide bonds. The summed E-state index contributed by atoms with van der Waals surface area (Å²) in [6, 6.07) is 5.81. The number of hydrogen-bond donors (Lipinski definition) is 3. The van der Waals surface area contributed by atoms with Gasteiger partial charge in [0.15, 0.2) is 5.82 Å². The van der Waals surface area contributed by atoms with Crippen LogP contribution in [0.25, 0.3) is 11.3 Å². The third-order valence-electron chi connectivity index (χ3n) is 6.17. The van der Waals surface area contributed by atoms with Gasteiger partial charge < -0.3 is 9.88 Å². The molecule has 1 aromatic carbocycles. The Balaban J connectivity index is 1.30. The molecule has 10 nitrogen and oxygen atoms in total. The monoisotopic (exact) mass is 548 g/mol. The molecule has 1 saturated carbocycles. The maximum Gasteiger partial charge on any atom is 0.269 e. The van der Waals surface area contributed by atoms with Crippen molar-refractivity contribution in [3.8, 4) is 11.3 Å². The van der Waals surface area contributed by atoms with Gasteiger partial charge in [0.2, 0.25) is 10.0 Å². The van der Waals surface area contributed by atoms with Crippen molar-refractivity contribution in [2.75, 3.05) is 5.75 Å². The summed E-state index contributed by atoms with van der Waals surface area (Å²) in [5, 5.41) is 2.68. The van der Waals surface area contributed by atoms with Crippen LogP contribution in [0.15, 0.2) is 49.2 Å². The minimum atomic E-state index is -3.90.